The number of aryl methyl sites for hydroxylation is 1. The number of fused-ring (bicyclic) bond motifs is 2. The van der Waals surface area contributed by atoms with Crippen LogP contribution in [0.15, 0.2) is 53.3 Å². The van der Waals surface area contributed by atoms with E-state index in [1.54, 1.807) is 11.0 Å². The SMILES string of the molecule is Cc1cc([C@@H](C)C(OC(=O)N2CCC(N3CCc4ccccc4NC3=O)CC2)C(=O)N2CCC(N3CCC(C)(C)CC3)CC2)cc2ccc(=O)[nH]c12. The predicted molar refractivity (Wildman–Crippen MR) is 203 cm³/mol. The Balaban J connectivity index is 1.04. The summed E-state index contributed by atoms with van der Waals surface area (Å²) >= 11 is 0. The zero-order valence-corrected chi connectivity index (χ0v) is 31.2. The van der Waals surface area contributed by atoms with Crippen LogP contribution in [-0.4, -0.2) is 107 Å². The van der Waals surface area contributed by atoms with Crippen LogP contribution in [0.1, 0.15) is 81.9 Å². The molecule has 11 heteroatoms. The number of nitrogens with one attached hydrogen (secondary N) is 2. The molecule has 2 atom stereocenters. The van der Waals surface area contributed by atoms with Gasteiger partial charge < -0.3 is 34.6 Å². The third-order valence-electron chi connectivity index (χ3n) is 12.3. The minimum Gasteiger partial charge on any atom is -0.435 e. The summed E-state index contributed by atoms with van der Waals surface area (Å²) in [5.74, 6) is -0.581. The minimum absolute atomic E-state index is 0.00834. The highest BCUT2D eigenvalue weighted by Crippen LogP contribution is 2.34. The van der Waals surface area contributed by atoms with Gasteiger partial charge in [-0.25, -0.2) is 9.59 Å². The molecule has 4 amide bonds. The second-order valence-electron chi connectivity index (χ2n) is 16.2. The van der Waals surface area contributed by atoms with Crippen molar-refractivity contribution in [2.24, 2.45) is 5.41 Å². The molecule has 5 heterocycles. The van der Waals surface area contributed by atoms with Gasteiger partial charge >= 0.3 is 12.1 Å². The van der Waals surface area contributed by atoms with Crippen LogP contribution in [0.5, 0.6) is 0 Å². The van der Waals surface area contributed by atoms with Crippen molar-refractivity contribution >= 4 is 34.6 Å². The Morgan fingerprint density at radius 3 is 2.25 bits per heavy atom. The summed E-state index contributed by atoms with van der Waals surface area (Å²) in [5.41, 5.74) is 4.73. The fraction of sp³-hybridized carbons (Fsp3) is 0.561. The number of pyridine rings is 1. The zero-order chi connectivity index (χ0) is 36.6. The van der Waals surface area contributed by atoms with Crippen LogP contribution in [0.25, 0.3) is 10.9 Å². The first-order chi connectivity index (χ1) is 25.0. The lowest BCUT2D eigenvalue weighted by molar-refractivity contribution is -0.143. The highest BCUT2D eigenvalue weighted by atomic mass is 16.6. The molecule has 52 heavy (non-hydrogen) atoms. The summed E-state index contributed by atoms with van der Waals surface area (Å²) in [6.07, 6.45) is 4.74. The number of benzene rings is 2. The number of carbonyl (C=O) groups is 3. The number of rotatable bonds is 6. The van der Waals surface area contributed by atoms with Crippen LogP contribution in [-0.2, 0) is 16.0 Å². The summed E-state index contributed by atoms with van der Waals surface area (Å²) in [4.78, 5) is 64.6. The lowest BCUT2D eigenvalue weighted by Gasteiger charge is -2.44. The number of aromatic nitrogens is 1. The van der Waals surface area contributed by atoms with Crippen molar-refractivity contribution in [1.82, 2.24) is 24.6 Å². The standard InChI is InChI=1S/C41H54N6O5/c1-27-25-31(26-30-9-10-35(48)43-36(27)30)28(2)37(38(49)45-18-12-32(13-19-45)44-23-16-41(3,4)17-24-44)52-40(51)46-20-14-33(15-21-46)47-22-11-29-7-5-6-8-34(29)42-39(47)50/h5-10,25-26,28,32-33,37H,11-24H2,1-4H3,(H,42,50)(H,43,48)/t28-,37?/m1/s1. The van der Waals surface area contributed by atoms with E-state index in [1.165, 1.54) is 18.9 Å². The Labute approximate surface area is 306 Å². The number of urea groups is 1. The Bertz CT molecular complexity index is 1850. The van der Waals surface area contributed by atoms with E-state index in [-0.39, 0.29) is 23.5 Å². The molecule has 3 saturated heterocycles. The van der Waals surface area contributed by atoms with Crippen molar-refractivity contribution in [1.29, 1.82) is 0 Å². The van der Waals surface area contributed by atoms with Crippen molar-refractivity contribution in [2.45, 2.75) is 96.7 Å². The van der Waals surface area contributed by atoms with Gasteiger partial charge in [0.2, 0.25) is 5.56 Å². The maximum Gasteiger partial charge on any atom is 0.410 e. The number of amides is 4. The third-order valence-corrected chi connectivity index (χ3v) is 12.3. The van der Waals surface area contributed by atoms with Gasteiger partial charge in [-0.1, -0.05) is 45.0 Å². The van der Waals surface area contributed by atoms with Crippen molar-refractivity contribution < 1.29 is 19.1 Å². The monoisotopic (exact) mass is 710 g/mol. The molecule has 2 N–H and O–H groups in total. The van der Waals surface area contributed by atoms with Crippen LogP contribution in [0.4, 0.5) is 15.3 Å². The van der Waals surface area contributed by atoms with E-state index in [0.29, 0.717) is 57.0 Å². The lowest BCUT2D eigenvalue weighted by atomic mass is 9.82. The largest absolute Gasteiger partial charge is 0.435 e. The number of nitrogens with zero attached hydrogens (tertiary/aromatic N) is 4. The second-order valence-corrected chi connectivity index (χ2v) is 16.2. The number of likely N-dealkylation sites (tertiary alicyclic amines) is 3. The molecular formula is C41H54N6O5. The number of para-hydroxylation sites is 1. The molecule has 11 nitrogen and oxygen atoms in total. The van der Waals surface area contributed by atoms with Gasteiger partial charge in [0.15, 0.2) is 6.10 Å². The van der Waals surface area contributed by atoms with E-state index in [9.17, 15) is 19.2 Å². The molecule has 0 spiro atoms. The Kier molecular flexibility index (Phi) is 10.3. The van der Waals surface area contributed by atoms with Crippen LogP contribution in [0.3, 0.4) is 0 Å². The first-order valence-electron chi connectivity index (χ1n) is 19.2. The van der Waals surface area contributed by atoms with Crippen molar-refractivity contribution in [3.63, 3.8) is 0 Å². The first kappa shape index (κ1) is 36.0. The van der Waals surface area contributed by atoms with Crippen molar-refractivity contribution in [2.75, 3.05) is 51.1 Å². The average Bonchev–Trinajstić information content (AvgIpc) is 3.31. The van der Waals surface area contributed by atoms with Crippen molar-refractivity contribution in [3.05, 3.63) is 75.6 Å². The van der Waals surface area contributed by atoms with Gasteiger partial charge in [-0.2, -0.15) is 0 Å². The number of hydrogen-bond acceptors (Lipinski definition) is 6. The molecule has 4 aliphatic heterocycles. The van der Waals surface area contributed by atoms with E-state index in [4.69, 9.17) is 4.74 Å². The number of piperidine rings is 3. The van der Waals surface area contributed by atoms with E-state index >= 15 is 0 Å². The molecule has 0 bridgehead atoms. The Morgan fingerprint density at radius 2 is 1.52 bits per heavy atom. The number of ether oxygens (including phenoxy) is 1. The molecule has 0 aliphatic carbocycles. The predicted octanol–water partition coefficient (Wildman–Crippen LogP) is 6.11. The summed E-state index contributed by atoms with van der Waals surface area (Å²) in [6.45, 7) is 13.6. The van der Waals surface area contributed by atoms with E-state index in [2.05, 4.69) is 29.0 Å². The number of anilines is 1. The van der Waals surface area contributed by atoms with Crippen LogP contribution < -0.4 is 10.9 Å². The smallest absolute Gasteiger partial charge is 0.410 e. The van der Waals surface area contributed by atoms with Gasteiger partial charge in [-0.05, 0) is 111 Å². The van der Waals surface area contributed by atoms with Gasteiger partial charge in [0.05, 0.1) is 5.52 Å². The zero-order valence-electron chi connectivity index (χ0n) is 31.2. The molecule has 0 saturated carbocycles. The molecule has 0 radical (unpaired) electrons. The fourth-order valence-electron chi connectivity index (χ4n) is 8.69. The second kappa shape index (κ2) is 14.9. The Hall–Kier alpha value is -4.38. The quantitative estimate of drug-likeness (QED) is 0.319. The summed E-state index contributed by atoms with van der Waals surface area (Å²) < 4.78 is 6.26. The van der Waals surface area contributed by atoms with Gasteiger partial charge in [0.1, 0.15) is 0 Å². The van der Waals surface area contributed by atoms with E-state index in [0.717, 1.165) is 65.6 Å². The topological polar surface area (TPSA) is 118 Å². The summed E-state index contributed by atoms with van der Waals surface area (Å²) in [5, 5.41) is 3.93. The highest BCUT2D eigenvalue weighted by molar-refractivity contribution is 5.91. The molecule has 3 fully saturated rings. The minimum atomic E-state index is -1.01. The number of aromatic amines is 1. The average molecular weight is 711 g/mol. The first-order valence-corrected chi connectivity index (χ1v) is 19.2. The lowest BCUT2D eigenvalue weighted by Crippen LogP contribution is -2.53. The van der Waals surface area contributed by atoms with E-state index in [1.807, 2.05) is 60.0 Å². The normalized spacial score (nSPS) is 21.6. The third kappa shape index (κ3) is 7.70. The van der Waals surface area contributed by atoms with Crippen LogP contribution >= 0.6 is 0 Å². The number of hydrogen-bond donors (Lipinski definition) is 2. The molecule has 1 unspecified atom stereocenters. The molecular weight excluding hydrogens is 656 g/mol. The molecule has 4 aliphatic rings. The molecule has 3 aromatic rings. The summed E-state index contributed by atoms with van der Waals surface area (Å²) in [6, 6.07) is 15.5. The van der Waals surface area contributed by atoms with Gasteiger partial charge in [-0.15, -0.1) is 0 Å². The molecule has 2 aromatic carbocycles. The van der Waals surface area contributed by atoms with Gasteiger partial charge in [0.25, 0.3) is 5.91 Å². The van der Waals surface area contributed by atoms with Crippen molar-refractivity contribution in [3.8, 4) is 0 Å². The summed E-state index contributed by atoms with van der Waals surface area (Å²) in [7, 11) is 0. The number of H-pyrrole nitrogens is 1. The Morgan fingerprint density at radius 1 is 0.846 bits per heavy atom. The molecule has 278 valence electrons. The maximum atomic E-state index is 14.4. The van der Waals surface area contributed by atoms with Crippen LogP contribution in [0, 0.1) is 12.3 Å². The highest BCUT2D eigenvalue weighted by Gasteiger charge is 2.39. The van der Waals surface area contributed by atoms with Gasteiger partial charge in [-0.3, -0.25) is 9.59 Å². The van der Waals surface area contributed by atoms with E-state index < -0.39 is 18.1 Å². The molecule has 1 aromatic heterocycles. The molecule has 7 rings (SSSR count). The maximum absolute atomic E-state index is 14.4. The number of carbonyl (C=O) groups excluding carboxylic acids is 3. The van der Waals surface area contributed by atoms with Crippen LogP contribution in [0.2, 0.25) is 0 Å². The fourth-order valence-corrected chi connectivity index (χ4v) is 8.69. The van der Waals surface area contributed by atoms with Gasteiger partial charge in [0, 0.05) is 62.5 Å².